The zero-order chi connectivity index (χ0) is 17.4. The normalized spacial score (nSPS) is 10.3. The van der Waals surface area contributed by atoms with E-state index in [9.17, 15) is 4.79 Å². The second-order valence-corrected chi connectivity index (χ2v) is 5.55. The number of amides is 1. The Morgan fingerprint density at radius 1 is 1.08 bits per heavy atom. The van der Waals surface area contributed by atoms with E-state index < -0.39 is 0 Å². The first-order valence-corrected chi connectivity index (χ1v) is 7.98. The van der Waals surface area contributed by atoms with Gasteiger partial charge in [0.15, 0.2) is 11.5 Å². The molecule has 0 heterocycles. The summed E-state index contributed by atoms with van der Waals surface area (Å²) in [5, 5.41) is 6.41. The van der Waals surface area contributed by atoms with Gasteiger partial charge < -0.3 is 20.1 Å². The summed E-state index contributed by atoms with van der Waals surface area (Å²) in [6.45, 7) is 0.893. The average molecular weight is 349 g/mol. The number of para-hydroxylation sites is 1. The quantitative estimate of drug-likeness (QED) is 0.720. The van der Waals surface area contributed by atoms with Gasteiger partial charge in [0, 0.05) is 0 Å². The Morgan fingerprint density at radius 3 is 2.54 bits per heavy atom. The highest BCUT2D eigenvalue weighted by Gasteiger charge is 2.06. The van der Waals surface area contributed by atoms with Crippen LogP contribution in [-0.2, 0) is 11.2 Å². The van der Waals surface area contributed by atoms with Gasteiger partial charge in [-0.25, -0.2) is 0 Å². The average Bonchev–Trinajstić information content (AvgIpc) is 2.60. The third kappa shape index (κ3) is 5.15. The molecule has 1 amide bonds. The van der Waals surface area contributed by atoms with Crippen LogP contribution in [0.25, 0.3) is 0 Å². The molecule has 0 bridgehead atoms. The smallest absolute Gasteiger partial charge is 0.238 e. The summed E-state index contributed by atoms with van der Waals surface area (Å²) >= 11 is 6.01. The molecule has 0 saturated heterocycles. The topological polar surface area (TPSA) is 59.6 Å². The van der Waals surface area contributed by atoms with E-state index in [-0.39, 0.29) is 12.5 Å². The van der Waals surface area contributed by atoms with Crippen LogP contribution in [0.15, 0.2) is 42.5 Å². The van der Waals surface area contributed by atoms with E-state index in [1.807, 2.05) is 30.3 Å². The minimum atomic E-state index is -0.129. The second kappa shape index (κ2) is 9.15. The molecule has 0 atom stereocenters. The molecule has 0 spiro atoms. The van der Waals surface area contributed by atoms with Crippen LogP contribution in [-0.4, -0.2) is 33.2 Å². The first kappa shape index (κ1) is 18.1. The Kier molecular flexibility index (Phi) is 6.90. The van der Waals surface area contributed by atoms with Crippen molar-refractivity contribution in [3.63, 3.8) is 0 Å². The molecule has 0 radical (unpaired) electrons. The van der Waals surface area contributed by atoms with Crippen molar-refractivity contribution in [2.45, 2.75) is 6.42 Å². The fourth-order valence-corrected chi connectivity index (χ4v) is 2.41. The summed E-state index contributed by atoms with van der Waals surface area (Å²) in [5.41, 5.74) is 1.72. The molecule has 2 aromatic carbocycles. The van der Waals surface area contributed by atoms with Gasteiger partial charge >= 0.3 is 0 Å². The molecule has 24 heavy (non-hydrogen) atoms. The number of halogens is 1. The zero-order valence-corrected chi connectivity index (χ0v) is 14.5. The molecule has 6 heteroatoms. The van der Waals surface area contributed by atoms with Crippen molar-refractivity contribution < 1.29 is 14.3 Å². The molecular formula is C18H21ClN2O3. The molecule has 2 rings (SSSR count). The predicted octanol–water partition coefficient (Wildman–Crippen LogP) is 3.13. The molecular weight excluding hydrogens is 328 g/mol. The SMILES string of the molecule is COc1ccc(CCNCC(=O)Nc2ccccc2Cl)cc1OC. The molecule has 0 aromatic heterocycles. The Morgan fingerprint density at radius 2 is 1.83 bits per heavy atom. The van der Waals surface area contributed by atoms with Gasteiger partial charge in [0.05, 0.1) is 31.5 Å². The number of hydrogen-bond acceptors (Lipinski definition) is 4. The number of hydrogen-bond donors (Lipinski definition) is 2. The maximum atomic E-state index is 11.9. The largest absolute Gasteiger partial charge is 0.493 e. The standard InChI is InChI=1S/C18H21ClN2O3/c1-23-16-8-7-13(11-17(16)24-2)9-10-20-12-18(22)21-15-6-4-3-5-14(15)19/h3-8,11,20H,9-10,12H2,1-2H3,(H,21,22). The lowest BCUT2D eigenvalue weighted by Crippen LogP contribution is -2.29. The molecule has 2 aromatic rings. The lowest BCUT2D eigenvalue weighted by atomic mass is 10.1. The van der Waals surface area contributed by atoms with E-state index in [2.05, 4.69) is 10.6 Å². The summed E-state index contributed by atoms with van der Waals surface area (Å²) in [6.07, 6.45) is 0.778. The maximum absolute atomic E-state index is 11.9. The maximum Gasteiger partial charge on any atom is 0.238 e. The van der Waals surface area contributed by atoms with Gasteiger partial charge in [-0.1, -0.05) is 29.8 Å². The Bertz CT molecular complexity index is 692. The number of carbonyl (C=O) groups excluding carboxylic acids is 1. The van der Waals surface area contributed by atoms with Gasteiger partial charge in [-0.3, -0.25) is 4.79 Å². The van der Waals surface area contributed by atoms with Gasteiger partial charge in [-0.2, -0.15) is 0 Å². The first-order chi connectivity index (χ1) is 11.6. The molecule has 0 unspecified atom stereocenters. The van der Waals surface area contributed by atoms with Crippen molar-refractivity contribution >= 4 is 23.2 Å². The fraction of sp³-hybridized carbons (Fsp3) is 0.278. The summed E-state index contributed by atoms with van der Waals surface area (Å²) in [7, 11) is 3.22. The molecule has 0 fully saturated rings. The summed E-state index contributed by atoms with van der Waals surface area (Å²) < 4.78 is 10.5. The van der Waals surface area contributed by atoms with Crippen LogP contribution in [0.4, 0.5) is 5.69 Å². The third-order valence-electron chi connectivity index (χ3n) is 3.47. The van der Waals surface area contributed by atoms with Crippen LogP contribution in [0.1, 0.15) is 5.56 Å². The van der Waals surface area contributed by atoms with Crippen LogP contribution in [0.5, 0.6) is 11.5 Å². The van der Waals surface area contributed by atoms with E-state index in [4.69, 9.17) is 21.1 Å². The molecule has 128 valence electrons. The number of carbonyl (C=O) groups is 1. The monoisotopic (exact) mass is 348 g/mol. The zero-order valence-electron chi connectivity index (χ0n) is 13.8. The molecule has 0 saturated carbocycles. The number of nitrogens with one attached hydrogen (secondary N) is 2. The lowest BCUT2D eigenvalue weighted by Gasteiger charge is -2.10. The van der Waals surface area contributed by atoms with E-state index in [1.54, 1.807) is 26.4 Å². The number of rotatable bonds is 8. The van der Waals surface area contributed by atoms with Crippen LogP contribution >= 0.6 is 11.6 Å². The second-order valence-electron chi connectivity index (χ2n) is 5.14. The number of methoxy groups -OCH3 is 2. The lowest BCUT2D eigenvalue weighted by molar-refractivity contribution is -0.115. The van der Waals surface area contributed by atoms with E-state index >= 15 is 0 Å². The summed E-state index contributed by atoms with van der Waals surface area (Å²) in [6, 6.07) is 12.9. The molecule has 0 aliphatic carbocycles. The van der Waals surface area contributed by atoms with Gasteiger partial charge in [-0.05, 0) is 42.8 Å². The van der Waals surface area contributed by atoms with E-state index in [0.29, 0.717) is 28.8 Å². The molecule has 0 aliphatic heterocycles. The Balaban J connectivity index is 1.76. The fourth-order valence-electron chi connectivity index (χ4n) is 2.23. The molecule has 2 N–H and O–H groups in total. The third-order valence-corrected chi connectivity index (χ3v) is 3.80. The van der Waals surface area contributed by atoms with Gasteiger partial charge in [0.1, 0.15) is 0 Å². The number of ether oxygens (including phenoxy) is 2. The van der Waals surface area contributed by atoms with Gasteiger partial charge in [0.25, 0.3) is 0 Å². The summed E-state index contributed by atoms with van der Waals surface area (Å²) in [5.74, 6) is 1.27. The van der Waals surface area contributed by atoms with Crippen molar-refractivity contribution in [3.05, 3.63) is 53.1 Å². The van der Waals surface area contributed by atoms with E-state index in [0.717, 1.165) is 12.0 Å². The molecule has 5 nitrogen and oxygen atoms in total. The van der Waals surface area contributed by atoms with Crippen molar-refractivity contribution in [1.82, 2.24) is 5.32 Å². The van der Waals surface area contributed by atoms with Crippen LogP contribution in [0.3, 0.4) is 0 Å². The Hall–Kier alpha value is -2.24. The van der Waals surface area contributed by atoms with Gasteiger partial charge in [0.2, 0.25) is 5.91 Å². The van der Waals surface area contributed by atoms with Crippen LogP contribution < -0.4 is 20.1 Å². The van der Waals surface area contributed by atoms with Crippen LogP contribution in [0, 0.1) is 0 Å². The van der Waals surface area contributed by atoms with E-state index in [1.165, 1.54) is 0 Å². The predicted molar refractivity (Wildman–Crippen MR) is 96.2 cm³/mol. The highest BCUT2D eigenvalue weighted by Crippen LogP contribution is 2.27. The minimum absolute atomic E-state index is 0.129. The molecule has 0 aliphatic rings. The van der Waals surface area contributed by atoms with Gasteiger partial charge in [-0.15, -0.1) is 0 Å². The van der Waals surface area contributed by atoms with Crippen molar-refractivity contribution in [2.75, 3.05) is 32.6 Å². The van der Waals surface area contributed by atoms with Crippen molar-refractivity contribution in [3.8, 4) is 11.5 Å². The number of benzene rings is 2. The van der Waals surface area contributed by atoms with Crippen molar-refractivity contribution in [1.29, 1.82) is 0 Å². The first-order valence-electron chi connectivity index (χ1n) is 7.60. The van der Waals surface area contributed by atoms with Crippen LogP contribution in [0.2, 0.25) is 5.02 Å². The Labute approximate surface area is 146 Å². The van der Waals surface area contributed by atoms with Crippen molar-refractivity contribution in [2.24, 2.45) is 0 Å². The highest BCUT2D eigenvalue weighted by atomic mass is 35.5. The highest BCUT2D eigenvalue weighted by molar-refractivity contribution is 6.33. The number of anilines is 1. The summed E-state index contributed by atoms with van der Waals surface area (Å²) in [4.78, 5) is 11.9. The minimum Gasteiger partial charge on any atom is -0.493 e.